The van der Waals surface area contributed by atoms with Crippen molar-refractivity contribution < 1.29 is 9.90 Å². The number of carbonyl (C=O) groups is 1. The van der Waals surface area contributed by atoms with E-state index in [2.05, 4.69) is 34.1 Å². The molecule has 0 bridgehead atoms. The third-order valence-corrected chi connectivity index (χ3v) is 6.29. The molecule has 2 unspecified atom stereocenters. The quantitative estimate of drug-likeness (QED) is 0.697. The second-order valence-corrected chi connectivity index (χ2v) is 8.45. The summed E-state index contributed by atoms with van der Waals surface area (Å²) in [5, 5.41) is 11.7. The minimum Gasteiger partial charge on any atom is -0.481 e. The second kappa shape index (κ2) is 7.35. The number of benzene rings is 1. The lowest BCUT2D eigenvalue weighted by molar-refractivity contribution is -0.143. The summed E-state index contributed by atoms with van der Waals surface area (Å²) in [6, 6.07) is 12.4. The van der Waals surface area contributed by atoms with Crippen molar-refractivity contribution in [2.45, 2.75) is 18.9 Å². The Bertz CT molecular complexity index is 942. The number of piperidine rings is 1. The van der Waals surface area contributed by atoms with Gasteiger partial charge in [-0.25, -0.2) is 0 Å². The standard InChI is InChI=1S/C20H19ClN2O2S/c21-18-6-5-17(26-18)19(23-9-1-2-16(12-23)20(24)25)14-3-4-15-11-22-8-7-13(15)10-14/h3-8,10-11,16,19H,1-2,9,12H2,(H,24,25). The number of aliphatic carboxylic acids is 1. The number of pyridine rings is 1. The number of rotatable bonds is 4. The first kappa shape index (κ1) is 17.5. The predicted molar refractivity (Wildman–Crippen MR) is 105 cm³/mol. The maximum Gasteiger partial charge on any atom is 0.307 e. The van der Waals surface area contributed by atoms with Crippen molar-refractivity contribution in [3.63, 3.8) is 0 Å². The Balaban J connectivity index is 1.76. The summed E-state index contributed by atoms with van der Waals surface area (Å²) >= 11 is 7.77. The van der Waals surface area contributed by atoms with Crippen LogP contribution in [0.5, 0.6) is 0 Å². The number of carboxylic acids is 1. The van der Waals surface area contributed by atoms with Crippen molar-refractivity contribution in [2.75, 3.05) is 13.1 Å². The smallest absolute Gasteiger partial charge is 0.307 e. The molecule has 6 heteroatoms. The SMILES string of the molecule is O=C(O)C1CCCN(C(c2ccc3cnccc3c2)c2ccc(Cl)s2)C1. The first-order valence-corrected chi connectivity index (χ1v) is 9.87. The van der Waals surface area contributed by atoms with Crippen molar-refractivity contribution in [1.82, 2.24) is 9.88 Å². The van der Waals surface area contributed by atoms with Gasteiger partial charge >= 0.3 is 5.97 Å². The van der Waals surface area contributed by atoms with Crippen LogP contribution < -0.4 is 0 Å². The van der Waals surface area contributed by atoms with Crippen molar-refractivity contribution in [1.29, 1.82) is 0 Å². The van der Waals surface area contributed by atoms with Crippen LogP contribution in [0.3, 0.4) is 0 Å². The summed E-state index contributed by atoms with van der Waals surface area (Å²) in [4.78, 5) is 19.1. The molecule has 1 aromatic carbocycles. The number of likely N-dealkylation sites (tertiary alicyclic amines) is 1. The first-order chi connectivity index (χ1) is 12.6. The molecule has 1 N–H and O–H groups in total. The summed E-state index contributed by atoms with van der Waals surface area (Å²) in [7, 11) is 0. The molecule has 4 nitrogen and oxygen atoms in total. The van der Waals surface area contributed by atoms with Gasteiger partial charge in [-0.15, -0.1) is 11.3 Å². The van der Waals surface area contributed by atoms with Gasteiger partial charge in [-0.3, -0.25) is 14.7 Å². The van der Waals surface area contributed by atoms with Gasteiger partial charge in [0.15, 0.2) is 0 Å². The number of carboxylic acid groups (broad SMARTS) is 1. The maximum absolute atomic E-state index is 11.5. The highest BCUT2D eigenvalue weighted by molar-refractivity contribution is 7.16. The normalized spacial score (nSPS) is 19.5. The number of aromatic nitrogens is 1. The van der Waals surface area contributed by atoms with Gasteiger partial charge in [0.1, 0.15) is 0 Å². The summed E-state index contributed by atoms with van der Waals surface area (Å²) in [5.74, 6) is -1.02. The zero-order valence-electron chi connectivity index (χ0n) is 14.1. The molecule has 0 spiro atoms. The van der Waals surface area contributed by atoms with Gasteiger partial charge in [0.25, 0.3) is 0 Å². The van der Waals surface area contributed by atoms with Gasteiger partial charge in [-0.2, -0.15) is 0 Å². The molecular weight excluding hydrogens is 368 g/mol. The lowest BCUT2D eigenvalue weighted by Gasteiger charge is -2.37. The van der Waals surface area contributed by atoms with Crippen LogP contribution in [0.25, 0.3) is 10.8 Å². The van der Waals surface area contributed by atoms with Gasteiger partial charge < -0.3 is 5.11 Å². The van der Waals surface area contributed by atoms with Gasteiger partial charge in [-0.05, 0) is 54.6 Å². The predicted octanol–water partition coefficient (Wildman–Crippen LogP) is 4.84. The van der Waals surface area contributed by atoms with Gasteiger partial charge in [0, 0.05) is 29.2 Å². The summed E-state index contributed by atoms with van der Waals surface area (Å²) in [6.07, 6.45) is 5.29. The van der Waals surface area contributed by atoms with Crippen LogP contribution in [0.15, 0.2) is 48.8 Å². The molecule has 1 aliphatic heterocycles. The molecule has 0 saturated carbocycles. The fraction of sp³-hybridized carbons (Fsp3) is 0.300. The average Bonchev–Trinajstić information content (AvgIpc) is 3.08. The van der Waals surface area contributed by atoms with E-state index in [-0.39, 0.29) is 12.0 Å². The molecule has 3 aromatic rings. The topological polar surface area (TPSA) is 53.4 Å². The summed E-state index contributed by atoms with van der Waals surface area (Å²) in [6.45, 7) is 1.45. The Morgan fingerprint density at radius 2 is 2.15 bits per heavy atom. The molecule has 3 heterocycles. The van der Waals surface area contributed by atoms with E-state index < -0.39 is 5.97 Å². The fourth-order valence-electron chi connectivity index (χ4n) is 3.74. The highest BCUT2D eigenvalue weighted by Crippen LogP contribution is 2.38. The van der Waals surface area contributed by atoms with E-state index in [1.807, 2.05) is 18.3 Å². The molecule has 2 atom stereocenters. The highest BCUT2D eigenvalue weighted by atomic mass is 35.5. The van der Waals surface area contributed by atoms with E-state index in [1.165, 1.54) is 0 Å². The van der Waals surface area contributed by atoms with Crippen LogP contribution >= 0.6 is 22.9 Å². The molecule has 134 valence electrons. The number of thiophene rings is 1. The second-order valence-electron chi connectivity index (χ2n) is 6.70. The monoisotopic (exact) mass is 386 g/mol. The Hall–Kier alpha value is -1.95. The third-order valence-electron chi connectivity index (χ3n) is 5.01. The zero-order chi connectivity index (χ0) is 18.1. The number of halogens is 1. The third kappa shape index (κ3) is 3.47. The lowest BCUT2D eigenvalue weighted by Crippen LogP contribution is -2.41. The van der Waals surface area contributed by atoms with Gasteiger partial charge in [0.2, 0.25) is 0 Å². The largest absolute Gasteiger partial charge is 0.481 e. The Morgan fingerprint density at radius 3 is 2.92 bits per heavy atom. The van der Waals surface area contributed by atoms with Crippen LogP contribution in [0.1, 0.15) is 29.3 Å². The fourth-order valence-corrected chi connectivity index (χ4v) is 4.97. The van der Waals surface area contributed by atoms with Crippen molar-refractivity contribution in [2.24, 2.45) is 5.92 Å². The molecule has 1 fully saturated rings. The molecule has 4 rings (SSSR count). The summed E-state index contributed by atoms with van der Waals surface area (Å²) in [5.41, 5.74) is 1.16. The molecular formula is C20H19ClN2O2S. The number of nitrogens with zero attached hydrogens (tertiary/aromatic N) is 2. The molecule has 0 aliphatic carbocycles. The lowest BCUT2D eigenvalue weighted by atomic mass is 9.93. The van der Waals surface area contributed by atoms with E-state index in [0.717, 1.165) is 44.9 Å². The van der Waals surface area contributed by atoms with E-state index in [0.29, 0.717) is 6.54 Å². The Morgan fingerprint density at radius 1 is 1.27 bits per heavy atom. The Kier molecular flexibility index (Phi) is 4.94. The van der Waals surface area contributed by atoms with E-state index >= 15 is 0 Å². The van der Waals surface area contributed by atoms with Crippen LogP contribution in [0, 0.1) is 5.92 Å². The summed E-state index contributed by atoms with van der Waals surface area (Å²) < 4.78 is 0.752. The molecule has 0 amide bonds. The van der Waals surface area contributed by atoms with E-state index in [4.69, 9.17) is 11.6 Å². The molecule has 26 heavy (non-hydrogen) atoms. The minimum atomic E-state index is -0.706. The van der Waals surface area contributed by atoms with Crippen molar-refractivity contribution in [3.8, 4) is 0 Å². The van der Waals surface area contributed by atoms with E-state index in [1.54, 1.807) is 17.5 Å². The number of hydrogen-bond donors (Lipinski definition) is 1. The van der Waals surface area contributed by atoms with Gasteiger partial charge in [-0.1, -0.05) is 23.7 Å². The molecule has 2 aromatic heterocycles. The van der Waals surface area contributed by atoms with E-state index in [9.17, 15) is 9.90 Å². The first-order valence-electron chi connectivity index (χ1n) is 8.67. The van der Waals surface area contributed by atoms with Crippen LogP contribution in [-0.2, 0) is 4.79 Å². The molecule has 0 radical (unpaired) electrons. The zero-order valence-corrected chi connectivity index (χ0v) is 15.7. The molecule has 1 aliphatic rings. The Labute approximate surface area is 161 Å². The maximum atomic E-state index is 11.5. The van der Waals surface area contributed by atoms with Crippen LogP contribution in [0.2, 0.25) is 4.34 Å². The average molecular weight is 387 g/mol. The highest BCUT2D eigenvalue weighted by Gasteiger charge is 2.32. The van der Waals surface area contributed by atoms with Crippen LogP contribution in [0.4, 0.5) is 0 Å². The van der Waals surface area contributed by atoms with Crippen molar-refractivity contribution >= 4 is 39.7 Å². The van der Waals surface area contributed by atoms with Crippen molar-refractivity contribution in [3.05, 3.63) is 63.6 Å². The number of hydrogen-bond acceptors (Lipinski definition) is 4. The van der Waals surface area contributed by atoms with Crippen LogP contribution in [-0.4, -0.2) is 34.0 Å². The minimum absolute atomic E-state index is 0.0206. The van der Waals surface area contributed by atoms with Gasteiger partial charge in [0.05, 0.1) is 16.3 Å². The molecule has 1 saturated heterocycles. The number of fused-ring (bicyclic) bond motifs is 1.